The highest BCUT2D eigenvalue weighted by molar-refractivity contribution is 5.79. The Kier molecular flexibility index (Phi) is 7.29. The van der Waals surface area contributed by atoms with Crippen molar-refractivity contribution in [3.63, 3.8) is 0 Å². The van der Waals surface area contributed by atoms with Crippen LogP contribution in [-0.2, 0) is 6.54 Å². The highest BCUT2D eigenvalue weighted by Crippen LogP contribution is 2.04. The molecule has 0 spiro atoms. The summed E-state index contributed by atoms with van der Waals surface area (Å²) in [4.78, 5) is 13.9. The molecule has 2 rings (SSSR count). The molecule has 2 N–H and O–H groups in total. The van der Waals surface area contributed by atoms with E-state index in [0.29, 0.717) is 12.6 Å². The van der Waals surface area contributed by atoms with E-state index in [9.17, 15) is 0 Å². The van der Waals surface area contributed by atoms with Gasteiger partial charge in [0.05, 0.1) is 12.2 Å². The lowest BCUT2D eigenvalue weighted by atomic mass is 10.2. The van der Waals surface area contributed by atoms with E-state index in [-0.39, 0.29) is 0 Å². The van der Waals surface area contributed by atoms with Crippen molar-refractivity contribution in [1.29, 1.82) is 0 Å². The molecule has 1 aromatic rings. The number of guanidine groups is 1. The van der Waals surface area contributed by atoms with E-state index in [0.717, 1.165) is 50.9 Å². The van der Waals surface area contributed by atoms with Gasteiger partial charge in [-0.2, -0.15) is 0 Å². The summed E-state index contributed by atoms with van der Waals surface area (Å²) in [6, 6.07) is 6.42. The number of hydrogen-bond donors (Lipinski definition) is 2. The second-order valence-electron chi connectivity index (χ2n) is 6.09. The molecule has 6 nitrogen and oxygen atoms in total. The van der Waals surface area contributed by atoms with E-state index in [4.69, 9.17) is 0 Å². The Morgan fingerprint density at radius 2 is 2.04 bits per heavy atom. The molecule has 1 fully saturated rings. The molecule has 1 aromatic heterocycles. The van der Waals surface area contributed by atoms with Crippen LogP contribution < -0.4 is 10.6 Å². The molecule has 23 heavy (non-hydrogen) atoms. The first-order valence-corrected chi connectivity index (χ1v) is 8.53. The van der Waals surface area contributed by atoms with Crippen molar-refractivity contribution in [3.05, 3.63) is 30.1 Å². The van der Waals surface area contributed by atoms with Gasteiger partial charge in [0.15, 0.2) is 5.96 Å². The van der Waals surface area contributed by atoms with Crippen LogP contribution >= 0.6 is 0 Å². The lowest BCUT2D eigenvalue weighted by Crippen LogP contribution is -2.52. The molecular formula is C17H30N6. The Morgan fingerprint density at radius 1 is 1.26 bits per heavy atom. The minimum atomic E-state index is 0.502. The Bertz CT molecular complexity index is 467. The van der Waals surface area contributed by atoms with E-state index < -0.39 is 0 Å². The Morgan fingerprint density at radius 3 is 2.70 bits per heavy atom. The lowest BCUT2D eigenvalue weighted by molar-refractivity contribution is 0.120. The molecule has 0 radical (unpaired) electrons. The molecule has 0 aromatic carbocycles. The fraction of sp³-hybridized carbons (Fsp3) is 0.647. The van der Waals surface area contributed by atoms with Gasteiger partial charge >= 0.3 is 0 Å². The van der Waals surface area contributed by atoms with Gasteiger partial charge in [-0.3, -0.25) is 9.88 Å². The summed E-state index contributed by atoms with van der Waals surface area (Å²) < 4.78 is 0. The molecule has 2 heterocycles. The second kappa shape index (κ2) is 9.47. The molecule has 0 saturated carbocycles. The molecule has 128 valence electrons. The topological polar surface area (TPSA) is 55.8 Å². The minimum absolute atomic E-state index is 0.502. The van der Waals surface area contributed by atoms with Crippen molar-refractivity contribution in [2.24, 2.45) is 4.99 Å². The van der Waals surface area contributed by atoms with Crippen LogP contribution in [0.4, 0.5) is 0 Å². The maximum absolute atomic E-state index is 4.62. The quantitative estimate of drug-likeness (QED) is 0.599. The van der Waals surface area contributed by atoms with Crippen LogP contribution in [0, 0.1) is 0 Å². The van der Waals surface area contributed by atoms with Crippen molar-refractivity contribution in [2.75, 3.05) is 46.3 Å². The van der Waals surface area contributed by atoms with Gasteiger partial charge in [0, 0.05) is 51.5 Å². The van der Waals surface area contributed by atoms with Gasteiger partial charge in [0.25, 0.3) is 0 Å². The van der Waals surface area contributed by atoms with Crippen molar-refractivity contribution in [1.82, 2.24) is 25.4 Å². The summed E-state index contributed by atoms with van der Waals surface area (Å²) in [6.07, 6.45) is 1.81. The van der Waals surface area contributed by atoms with E-state index in [2.05, 4.69) is 51.3 Å². The largest absolute Gasteiger partial charge is 0.357 e. The summed E-state index contributed by atoms with van der Waals surface area (Å²) in [5.41, 5.74) is 0.983. The highest BCUT2D eigenvalue weighted by Gasteiger charge is 2.18. The van der Waals surface area contributed by atoms with E-state index in [1.807, 2.05) is 18.2 Å². The third kappa shape index (κ3) is 6.15. The molecule has 1 aliphatic rings. The molecule has 1 aliphatic heterocycles. The molecule has 1 unspecified atom stereocenters. The zero-order valence-corrected chi connectivity index (χ0v) is 14.6. The van der Waals surface area contributed by atoms with Gasteiger partial charge in [-0.05, 0) is 33.0 Å². The van der Waals surface area contributed by atoms with Crippen LogP contribution in [0.5, 0.6) is 0 Å². The van der Waals surface area contributed by atoms with Gasteiger partial charge in [-0.15, -0.1) is 0 Å². The number of likely N-dealkylation sites (N-methyl/N-ethyl adjacent to an activating group) is 1. The van der Waals surface area contributed by atoms with Crippen LogP contribution in [-0.4, -0.2) is 73.1 Å². The monoisotopic (exact) mass is 318 g/mol. The fourth-order valence-corrected chi connectivity index (χ4v) is 2.63. The van der Waals surface area contributed by atoms with Crippen LogP contribution in [0.1, 0.15) is 19.5 Å². The molecule has 1 saturated heterocycles. The first-order chi connectivity index (χ1) is 11.2. The average Bonchev–Trinajstić information content (AvgIpc) is 2.58. The summed E-state index contributed by atoms with van der Waals surface area (Å²) in [6.45, 7) is 11.3. The number of nitrogens with zero attached hydrogens (tertiary/aromatic N) is 4. The van der Waals surface area contributed by atoms with Crippen molar-refractivity contribution < 1.29 is 0 Å². The predicted octanol–water partition coefficient (Wildman–Crippen LogP) is 0.773. The summed E-state index contributed by atoms with van der Waals surface area (Å²) in [7, 11) is 2.19. The average molecular weight is 318 g/mol. The fourth-order valence-electron chi connectivity index (χ4n) is 2.63. The van der Waals surface area contributed by atoms with Gasteiger partial charge in [-0.25, -0.2) is 4.99 Å². The van der Waals surface area contributed by atoms with Crippen LogP contribution in [0.25, 0.3) is 0 Å². The van der Waals surface area contributed by atoms with Gasteiger partial charge in [0.1, 0.15) is 0 Å². The number of aromatic nitrogens is 1. The van der Waals surface area contributed by atoms with Gasteiger partial charge in [0.2, 0.25) is 0 Å². The van der Waals surface area contributed by atoms with Gasteiger partial charge < -0.3 is 15.5 Å². The third-order valence-electron chi connectivity index (χ3n) is 4.20. The minimum Gasteiger partial charge on any atom is -0.357 e. The van der Waals surface area contributed by atoms with E-state index >= 15 is 0 Å². The second-order valence-corrected chi connectivity index (χ2v) is 6.09. The zero-order chi connectivity index (χ0) is 16.5. The summed E-state index contributed by atoms with van der Waals surface area (Å²) in [5.74, 6) is 0.860. The van der Waals surface area contributed by atoms with Crippen molar-refractivity contribution in [2.45, 2.75) is 26.4 Å². The number of rotatable bonds is 6. The van der Waals surface area contributed by atoms with Crippen LogP contribution in [0.2, 0.25) is 0 Å². The Balaban J connectivity index is 1.81. The molecule has 0 bridgehead atoms. The number of pyridine rings is 1. The molecule has 1 atom stereocenters. The normalized spacial score (nSPS) is 18.7. The molecular weight excluding hydrogens is 288 g/mol. The molecule has 0 amide bonds. The molecule has 0 aliphatic carbocycles. The van der Waals surface area contributed by atoms with Gasteiger partial charge in [-0.1, -0.05) is 6.07 Å². The standard InChI is InChI=1S/C17H30N6/c1-4-18-17(21-14-16-7-5-6-8-19-16)20-13-15(2)23-11-9-22(3)10-12-23/h5-8,15H,4,9-14H2,1-3H3,(H2,18,20,21). The van der Waals surface area contributed by atoms with E-state index in [1.165, 1.54) is 0 Å². The number of piperazine rings is 1. The smallest absolute Gasteiger partial charge is 0.191 e. The molecule has 6 heteroatoms. The first-order valence-electron chi connectivity index (χ1n) is 8.53. The summed E-state index contributed by atoms with van der Waals surface area (Å²) in [5, 5.41) is 6.76. The lowest BCUT2D eigenvalue weighted by Gasteiger charge is -2.36. The Labute approximate surface area is 140 Å². The number of nitrogens with one attached hydrogen (secondary N) is 2. The zero-order valence-electron chi connectivity index (χ0n) is 14.6. The summed E-state index contributed by atoms with van der Waals surface area (Å²) >= 11 is 0. The van der Waals surface area contributed by atoms with Crippen LogP contribution in [0.15, 0.2) is 29.4 Å². The maximum atomic E-state index is 4.62. The van der Waals surface area contributed by atoms with Crippen molar-refractivity contribution >= 4 is 5.96 Å². The maximum Gasteiger partial charge on any atom is 0.191 e. The SMILES string of the molecule is CCNC(=NCc1ccccn1)NCC(C)N1CCN(C)CC1. The number of hydrogen-bond acceptors (Lipinski definition) is 4. The highest BCUT2D eigenvalue weighted by atomic mass is 15.3. The Hall–Kier alpha value is -1.66. The van der Waals surface area contributed by atoms with Crippen LogP contribution in [0.3, 0.4) is 0 Å². The third-order valence-corrected chi connectivity index (χ3v) is 4.20. The predicted molar refractivity (Wildman–Crippen MR) is 95.6 cm³/mol. The van der Waals surface area contributed by atoms with E-state index in [1.54, 1.807) is 6.20 Å². The number of aliphatic imine (C=N–C) groups is 1. The van der Waals surface area contributed by atoms with Crippen molar-refractivity contribution in [3.8, 4) is 0 Å². The first kappa shape index (κ1) is 17.7.